The number of ether oxygens (including phenoxy) is 1. The van der Waals surface area contributed by atoms with Gasteiger partial charge in [-0.2, -0.15) is 11.3 Å². The first kappa shape index (κ1) is 12.7. The zero-order valence-corrected chi connectivity index (χ0v) is 12.2. The lowest BCUT2D eigenvalue weighted by molar-refractivity contribution is 0.138. The van der Waals surface area contributed by atoms with E-state index in [1.165, 1.54) is 16.7 Å². The predicted molar refractivity (Wildman–Crippen MR) is 79.7 cm³/mol. The van der Waals surface area contributed by atoms with Crippen LogP contribution in [0.5, 0.6) is 5.75 Å². The molecule has 3 heteroatoms. The first-order valence-corrected chi connectivity index (χ1v) is 7.59. The van der Waals surface area contributed by atoms with E-state index >= 15 is 0 Å². The highest BCUT2D eigenvalue weighted by Crippen LogP contribution is 2.35. The molecule has 0 atom stereocenters. The highest BCUT2D eigenvalue weighted by molar-refractivity contribution is 7.07. The van der Waals surface area contributed by atoms with E-state index in [0.29, 0.717) is 0 Å². The number of hydrogen-bond acceptors (Lipinski definition) is 3. The lowest BCUT2D eigenvalue weighted by Crippen LogP contribution is -2.24. The van der Waals surface area contributed by atoms with Crippen LogP contribution in [0.2, 0.25) is 0 Å². The van der Waals surface area contributed by atoms with E-state index in [1.54, 1.807) is 11.3 Å². The topological polar surface area (TPSA) is 21.3 Å². The number of nitrogens with one attached hydrogen (secondary N) is 1. The summed E-state index contributed by atoms with van der Waals surface area (Å²) in [6, 6.07) is 8.69. The Kier molecular flexibility index (Phi) is 3.33. The fraction of sp³-hybridized carbons (Fsp3) is 0.375. The Hall–Kier alpha value is -1.32. The van der Waals surface area contributed by atoms with E-state index in [1.807, 2.05) is 0 Å². The van der Waals surface area contributed by atoms with Crippen molar-refractivity contribution in [2.24, 2.45) is 0 Å². The molecule has 3 rings (SSSR count). The SMILES string of the molecule is CC1(C)Cc2cc(CNCc3ccsc3)ccc2O1. The van der Waals surface area contributed by atoms with Crippen LogP contribution >= 0.6 is 11.3 Å². The molecule has 1 aromatic carbocycles. The largest absolute Gasteiger partial charge is 0.487 e. The Labute approximate surface area is 118 Å². The van der Waals surface area contributed by atoms with Crippen molar-refractivity contribution < 1.29 is 4.74 Å². The first-order chi connectivity index (χ1) is 9.12. The van der Waals surface area contributed by atoms with E-state index in [9.17, 15) is 0 Å². The number of hydrogen-bond donors (Lipinski definition) is 1. The lowest BCUT2D eigenvalue weighted by Gasteiger charge is -2.16. The van der Waals surface area contributed by atoms with E-state index in [2.05, 4.69) is 54.2 Å². The Morgan fingerprint density at radius 3 is 2.84 bits per heavy atom. The highest BCUT2D eigenvalue weighted by Gasteiger charge is 2.29. The van der Waals surface area contributed by atoms with E-state index in [4.69, 9.17) is 4.74 Å². The second-order valence-corrected chi connectivity index (χ2v) is 6.50. The van der Waals surface area contributed by atoms with Gasteiger partial charge in [0.05, 0.1) is 0 Å². The smallest absolute Gasteiger partial charge is 0.123 e. The Balaban J connectivity index is 1.61. The van der Waals surface area contributed by atoms with Gasteiger partial charge in [0, 0.05) is 19.5 Å². The summed E-state index contributed by atoms with van der Waals surface area (Å²) in [4.78, 5) is 0. The molecule has 100 valence electrons. The maximum atomic E-state index is 5.89. The molecule has 0 aliphatic carbocycles. The second-order valence-electron chi connectivity index (χ2n) is 5.72. The van der Waals surface area contributed by atoms with Crippen LogP contribution in [-0.4, -0.2) is 5.60 Å². The lowest BCUT2D eigenvalue weighted by atomic mass is 10.0. The van der Waals surface area contributed by atoms with Crippen molar-refractivity contribution in [3.05, 3.63) is 51.7 Å². The number of thiophene rings is 1. The molecule has 1 aromatic heterocycles. The summed E-state index contributed by atoms with van der Waals surface area (Å²) >= 11 is 1.75. The maximum absolute atomic E-state index is 5.89. The molecule has 0 saturated carbocycles. The van der Waals surface area contributed by atoms with E-state index in [-0.39, 0.29) is 5.60 Å². The minimum Gasteiger partial charge on any atom is -0.487 e. The third kappa shape index (κ3) is 2.99. The van der Waals surface area contributed by atoms with Crippen molar-refractivity contribution >= 4 is 11.3 Å². The van der Waals surface area contributed by atoms with Crippen LogP contribution in [0.25, 0.3) is 0 Å². The summed E-state index contributed by atoms with van der Waals surface area (Å²) < 4.78 is 5.89. The standard InChI is InChI=1S/C16H19NOS/c1-16(2)8-14-7-12(3-4-15(14)18-16)9-17-10-13-5-6-19-11-13/h3-7,11,17H,8-10H2,1-2H3. The molecule has 1 aliphatic rings. The quantitative estimate of drug-likeness (QED) is 0.916. The second kappa shape index (κ2) is 4.99. The molecule has 2 heterocycles. The molecule has 0 saturated heterocycles. The Bertz CT molecular complexity index is 560. The maximum Gasteiger partial charge on any atom is 0.123 e. The molecule has 0 radical (unpaired) electrons. The minimum absolute atomic E-state index is 0.0505. The molecule has 0 unspecified atom stereocenters. The third-order valence-electron chi connectivity index (χ3n) is 3.37. The zero-order chi connectivity index (χ0) is 13.3. The monoisotopic (exact) mass is 273 g/mol. The van der Waals surface area contributed by atoms with Crippen molar-refractivity contribution in [2.75, 3.05) is 0 Å². The average Bonchev–Trinajstić information content (AvgIpc) is 2.94. The normalized spacial score (nSPS) is 16.1. The molecule has 0 amide bonds. The number of benzene rings is 1. The van der Waals surface area contributed by atoms with Crippen LogP contribution in [0.3, 0.4) is 0 Å². The van der Waals surface area contributed by atoms with Gasteiger partial charge in [0.2, 0.25) is 0 Å². The van der Waals surface area contributed by atoms with Gasteiger partial charge in [0.1, 0.15) is 11.4 Å². The summed E-state index contributed by atoms with van der Waals surface area (Å²) in [5.41, 5.74) is 3.97. The number of rotatable bonds is 4. The molecule has 0 spiro atoms. The van der Waals surface area contributed by atoms with Gasteiger partial charge in [-0.15, -0.1) is 0 Å². The minimum atomic E-state index is -0.0505. The summed E-state index contributed by atoms with van der Waals surface area (Å²) in [5.74, 6) is 1.05. The van der Waals surface area contributed by atoms with Crippen LogP contribution < -0.4 is 10.1 Å². The van der Waals surface area contributed by atoms with Crippen molar-refractivity contribution in [3.63, 3.8) is 0 Å². The highest BCUT2D eigenvalue weighted by atomic mass is 32.1. The summed E-state index contributed by atoms with van der Waals surface area (Å²) in [7, 11) is 0. The van der Waals surface area contributed by atoms with E-state index < -0.39 is 0 Å². The number of fused-ring (bicyclic) bond motifs is 1. The van der Waals surface area contributed by atoms with Crippen molar-refractivity contribution in [1.82, 2.24) is 5.32 Å². The van der Waals surface area contributed by atoms with Gasteiger partial charge in [0.25, 0.3) is 0 Å². The van der Waals surface area contributed by atoms with Crippen molar-refractivity contribution in [3.8, 4) is 5.75 Å². The van der Waals surface area contributed by atoms with Gasteiger partial charge in [0.15, 0.2) is 0 Å². The molecule has 1 N–H and O–H groups in total. The van der Waals surface area contributed by atoms with Gasteiger partial charge in [-0.3, -0.25) is 0 Å². The van der Waals surface area contributed by atoms with Gasteiger partial charge in [-0.1, -0.05) is 12.1 Å². The van der Waals surface area contributed by atoms with Gasteiger partial charge in [-0.05, 0) is 53.4 Å². The van der Waals surface area contributed by atoms with Crippen LogP contribution in [0, 0.1) is 0 Å². The van der Waals surface area contributed by atoms with Gasteiger partial charge < -0.3 is 10.1 Å². The van der Waals surface area contributed by atoms with E-state index in [0.717, 1.165) is 25.3 Å². The molecule has 2 nitrogen and oxygen atoms in total. The molecule has 0 fully saturated rings. The Morgan fingerprint density at radius 1 is 1.21 bits per heavy atom. The third-order valence-corrected chi connectivity index (χ3v) is 4.10. The molecular formula is C16H19NOS. The van der Waals surface area contributed by atoms with Crippen molar-refractivity contribution in [2.45, 2.75) is 39.0 Å². The molecule has 19 heavy (non-hydrogen) atoms. The average molecular weight is 273 g/mol. The fourth-order valence-corrected chi connectivity index (χ4v) is 3.19. The van der Waals surface area contributed by atoms with Crippen molar-refractivity contribution in [1.29, 1.82) is 0 Å². The van der Waals surface area contributed by atoms with Crippen LogP contribution in [0.4, 0.5) is 0 Å². The van der Waals surface area contributed by atoms with Gasteiger partial charge in [-0.25, -0.2) is 0 Å². The van der Waals surface area contributed by atoms with Crippen LogP contribution in [0.1, 0.15) is 30.5 Å². The first-order valence-electron chi connectivity index (χ1n) is 6.65. The van der Waals surface area contributed by atoms with Crippen LogP contribution in [0.15, 0.2) is 35.0 Å². The molecule has 1 aliphatic heterocycles. The molecule has 0 bridgehead atoms. The van der Waals surface area contributed by atoms with Crippen LogP contribution in [-0.2, 0) is 19.5 Å². The predicted octanol–water partition coefficient (Wildman–Crippen LogP) is 3.75. The molecule has 2 aromatic rings. The summed E-state index contributed by atoms with van der Waals surface area (Å²) in [5, 5.41) is 7.79. The summed E-state index contributed by atoms with van der Waals surface area (Å²) in [6.07, 6.45) is 1.00. The zero-order valence-electron chi connectivity index (χ0n) is 11.4. The fourth-order valence-electron chi connectivity index (χ4n) is 2.52. The Morgan fingerprint density at radius 2 is 2.05 bits per heavy atom. The summed E-state index contributed by atoms with van der Waals surface area (Å²) in [6.45, 7) is 6.12. The van der Waals surface area contributed by atoms with Gasteiger partial charge >= 0.3 is 0 Å². The molecular weight excluding hydrogens is 254 g/mol.